The molecule has 1 nitrogen and oxygen atoms in total. The van der Waals surface area contributed by atoms with Crippen molar-refractivity contribution < 1.29 is 9.13 Å². The third-order valence-electron chi connectivity index (χ3n) is 1.60. The van der Waals surface area contributed by atoms with Gasteiger partial charge in [0, 0.05) is 17.9 Å². The van der Waals surface area contributed by atoms with Gasteiger partial charge in [-0.2, -0.15) is 0 Å². The second-order valence-corrected chi connectivity index (χ2v) is 2.97. The van der Waals surface area contributed by atoms with E-state index < -0.39 is 5.82 Å². The van der Waals surface area contributed by atoms with Gasteiger partial charge in [0.25, 0.3) is 0 Å². The highest BCUT2D eigenvalue weighted by molar-refractivity contribution is 6.18. The van der Waals surface area contributed by atoms with Crippen LogP contribution in [0, 0.1) is 17.7 Å². The van der Waals surface area contributed by atoms with Crippen LogP contribution in [0.5, 0.6) is 5.75 Å². The molecule has 14 heavy (non-hydrogen) atoms. The standard InChI is InChI=1S/C11H10ClFO/c1-14-11-6-5-9(8-10(11)13)4-2-3-7-12/h5-6,8H,3,7H2,1H3. The molecule has 0 saturated heterocycles. The Morgan fingerprint density at radius 2 is 2.29 bits per heavy atom. The van der Waals surface area contributed by atoms with Gasteiger partial charge in [0.05, 0.1) is 7.11 Å². The summed E-state index contributed by atoms with van der Waals surface area (Å²) in [6.07, 6.45) is 0.606. The van der Waals surface area contributed by atoms with Crippen LogP contribution >= 0.6 is 11.6 Å². The molecule has 0 aliphatic heterocycles. The van der Waals surface area contributed by atoms with Crippen molar-refractivity contribution in [1.82, 2.24) is 0 Å². The summed E-state index contributed by atoms with van der Waals surface area (Å²) in [6.45, 7) is 0. The molecule has 1 rings (SSSR count). The van der Waals surface area contributed by atoms with Gasteiger partial charge < -0.3 is 4.74 Å². The molecule has 0 amide bonds. The monoisotopic (exact) mass is 212 g/mol. The molecule has 0 aliphatic carbocycles. The van der Waals surface area contributed by atoms with Crippen molar-refractivity contribution in [2.45, 2.75) is 6.42 Å². The Morgan fingerprint density at radius 3 is 2.86 bits per heavy atom. The van der Waals surface area contributed by atoms with Gasteiger partial charge in [-0.3, -0.25) is 0 Å². The lowest BCUT2D eigenvalue weighted by Crippen LogP contribution is -1.88. The van der Waals surface area contributed by atoms with Gasteiger partial charge in [0.1, 0.15) is 0 Å². The van der Waals surface area contributed by atoms with Crippen LogP contribution in [0.15, 0.2) is 18.2 Å². The van der Waals surface area contributed by atoms with Crippen LogP contribution < -0.4 is 4.74 Å². The fraction of sp³-hybridized carbons (Fsp3) is 0.273. The van der Waals surface area contributed by atoms with E-state index in [4.69, 9.17) is 16.3 Å². The molecule has 0 heterocycles. The van der Waals surface area contributed by atoms with Gasteiger partial charge in [-0.05, 0) is 18.2 Å². The number of ether oxygens (including phenoxy) is 1. The normalized spacial score (nSPS) is 9.07. The molecule has 74 valence electrons. The molecule has 0 spiro atoms. The average Bonchev–Trinajstić information content (AvgIpc) is 2.18. The summed E-state index contributed by atoms with van der Waals surface area (Å²) in [7, 11) is 1.43. The quantitative estimate of drug-likeness (QED) is 0.541. The largest absolute Gasteiger partial charge is 0.494 e. The van der Waals surface area contributed by atoms with E-state index in [1.165, 1.54) is 13.2 Å². The maximum absolute atomic E-state index is 13.1. The molecule has 0 bridgehead atoms. The molecule has 3 heteroatoms. The van der Waals surface area contributed by atoms with Crippen LogP contribution in [-0.4, -0.2) is 13.0 Å². The van der Waals surface area contributed by atoms with Crippen LogP contribution in [-0.2, 0) is 0 Å². The minimum Gasteiger partial charge on any atom is -0.494 e. The van der Waals surface area contributed by atoms with Crippen LogP contribution in [0.2, 0.25) is 0 Å². The predicted molar refractivity (Wildman–Crippen MR) is 55.2 cm³/mol. The first kappa shape index (κ1) is 10.9. The average molecular weight is 213 g/mol. The van der Waals surface area contributed by atoms with Crippen LogP contribution in [0.4, 0.5) is 4.39 Å². The Bertz CT molecular complexity index is 365. The Morgan fingerprint density at radius 1 is 1.50 bits per heavy atom. The van der Waals surface area contributed by atoms with Crippen molar-refractivity contribution in [2.24, 2.45) is 0 Å². The first-order valence-electron chi connectivity index (χ1n) is 4.16. The van der Waals surface area contributed by atoms with Gasteiger partial charge in [-0.1, -0.05) is 11.8 Å². The van der Waals surface area contributed by atoms with E-state index in [2.05, 4.69) is 11.8 Å². The third kappa shape index (κ3) is 2.93. The van der Waals surface area contributed by atoms with E-state index in [1.807, 2.05) is 0 Å². The van der Waals surface area contributed by atoms with Crippen LogP contribution in [0.1, 0.15) is 12.0 Å². The maximum atomic E-state index is 13.1. The zero-order valence-electron chi connectivity index (χ0n) is 7.81. The van der Waals surface area contributed by atoms with E-state index in [0.717, 1.165) is 0 Å². The summed E-state index contributed by atoms with van der Waals surface area (Å²) in [5, 5.41) is 0. The minimum atomic E-state index is -0.398. The highest BCUT2D eigenvalue weighted by Gasteiger charge is 2.00. The van der Waals surface area contributed by atoms with Gasteiger partial charge in [0.2, 0.25) is 0 Å². The minimum absolute atomic E-state index is 0.230. The molecule has 0 atom stereocenters. The Balaban J connectivity index is 2.82. The maximum Gasteiger partial charge on any atom is 0.166 e. The lowest BCUT2D eigenvalue weighted by molar-refractivity contribution is 0.386. The van der Waals surface area contributed by atoms with Crippen molar-refractivity contribution in [3.05, 3.63) is 29.6 Å². The van der Waals surface area contributed by atoms with E-state index in [0.29, 0.717) is 17.9 Å². The summed E-state index contributed by atoms with van der Waals surface area (Å²) in [6, 6.07) is 4.61. The van der Waals surface area contributed by atoms with Crippen molar-refractivity contribution in [2.75, 3.05) is 13.0 Å². The smallest absolute Gasteiger partial charge is 0.166 e. The first-order valence-corrected chi connectivity index (χ1v) is 4.69. The highest BCUT2D eigenvalue weighted by Crippen LogP contribution is 2.16. The van der Waals surface area contributed by atoms with Crippen molar-refractivity contribution in [1.29, 1.82) is 0 Å². The lowest BCUT2D eigenvalue weighted by Gasteiger charge is -2.00. The van der Waals surface area contributed by atoms with Crippen molar-refractivity contribution in [3.8, 4) is 17.6 Å². The molecule has 1 aromatic rings. The zero-order chi connectivity index (χ0) is 10.4. The zero-order valence-corrected chi connectivity index (χ0v) is 8.57. The van der Waals surface area contributed by atoms with Crippen LogP contribution in [0.3, 0.4) is 0 Å². The van der Waals surface area contributed by atoms with Crippen LogP contribution in [0.25, 0.3) is 0 Å². The topological polar surface area (TPSA) is 9.23 Å². The molecular formula is C11H10ClFO. The molecule has 0 N–H and O–H groups in total. The molecular weight excluding hydrogens is 203 g/mol. The summed E-state index contributed by atoms with van der Waals surface area (Å²) in [4.78, 5) is 0. The number of rotatable bonds is 2. The number of hydrogen-bond acceptors (Lipinski definition) is 1. The molecule has 0 fully saturated rings. The number of methoxy groups -OCH3 is 1. The van der Waals surface area contributed by atoms with E-state index in [9.17, 15) is 4.39 Å². The molecule has 0 saturated carbocycles. The number of benzene rings is 1. The lowest BCUT2D eigenvalue weighted by atomic mass is 10.2. The molecule has 0 radical (unpaired) electrons. The van der Waals surface area contributed by atoms with Gasteiger partial charge in [-0.15, -0.1) is 11.6 Å². The number of halogens is 2. The predicted octanol–water partition coefficient (Wildman–Crippen LogP) is 2.81. The summed E-state index contributed by atoms with van der Waals surface area (Å²) in [5.74, 6) is 5.96. The fourth-order valence-electron chi connectivity index (χ4n) is 0.956. The SMILES string of the molecule is COc1ccc(C#CCCCl)cc1F. The third-order valence-corrected chi connectivity index (χ3v) is 1.79. The van der Waals surface area contributed by atoms with Gasteiger partial charge in [0.15, 0.2) is 11.6 Å². The molecule has 1 aromatic carbocycles. The molecule has 0 aromatic heterocycles. The van der Waals surface area contributed by atoms with Crippen molar-refractivity contribution in [3.63, 3.8) is 0 Å². The first-order chi connectivity index (χ1) is 6.77. The second kappa shape index (κ2) is 5.51. The van der Waals surface area contributed by atoms with E-state index >= 15 is 0 Å². The summed E-state index contributed by atoms with van der Waals surface area (Å²) in [5.41, 5.74) is 0.633. The second-order valence-electron chi connectivity index (χ2n) is 2.59. The highest BCUT2D eigenvalue weighted by atomic mass is 35.5. The summed E-state index contributed by atoms with van der Waals surface area (Å²) < 4.78 is 17.9. The Hall–Kier alpha value is -1.20. The van der Waals surface area contributed by atoms with Gasteiger partial charge in [-0.25, -0.2) is 4.39 Å². The van der Waals surface area contributed by atoms with Crippen molar-refractivity contribution >= 4 is 11.6 Å². The van der Waals surface area contributed by atoms with E-state index in [-0.39, 0.29) is 5.75 Å². The fourth-order valence-corrected chi connectivity index (χ4v) is 1.05. The number of alkyl halides is 1. The van der Waals surface area contributed by atoms with E-state index in [1.54, 1.807) is 12.1 Å². The number of hydrogen-bond donors (Lipinski definition) is 0. The molecule has 0 aliphatic rings. The van der Waals surface area contributed by atoms with Gasteiger partial charge >= 0.3 is 0 Å². The Kier molecular flexibility index (Phi) is 4.28. The molecule has 0 unspecified atom stereocenters. The summed E-state index contributed by atoms with van der Waals surface area (Å²) >= 11 is 5.45. The Labute approximate surface area is 87.8 Å².